The number of methoxy groups -OCH3 is 1. The predicted octanol–water partition coefficient (Wildman–Crippen LogP) is -9.80. The Labute approximate surface area is 400 Å². The van der Waals surface area contributed by atoms with E-state index in [4.69, 9.17) is 91.1 Å². The summed E-state index contributed by atoms with van der Waals surface area (Å²) in [5.41, 5.74) is 8.02. The van der Waals surface area contributed by atoms with Crippen LogP contribution in [-0.4, -0.2) is 286 Å². The van der Waals surface area contributed by atoms with Gasteiger partial charge < -0.3 is 123 Å². The number of ether oxygens (including phenoxy) is 12. The monoisotopic (exact) mass is 1040 g/mol. The minimum absolute atomic E-state index is 0.143. The van der Waals surface area contributed by atoms with Crippen molar-refractivity contribution in [2.45, 2.75) is 148 Å². The van der Waals surface area contributed by atoms with Gasteiger partial charge in [-0.05, 0) is 5.53 Å². The van der Waals surface area contributed by atoms with Crippen LogP contribution in [0.3, 0.4) is 0 Å². The van der Waals surface area contributed by atoms with Crippen molar-refractivity contribution < 1.29 is 152 Å². The molecule has 6 heterocycles. The van der Waals surface area contributed by atoms with Crippen molar-refractivity contribution in [3.63, 3.8) is 0 Å². The largest absolute Gasteiger partial charge is 0.390 e. The van der Waals surface area contributed by atoms with Gasteiger partial charge in [0.15, 0.2) is 37.7 Å². The number of hydrogen-bond donors (Lipinski definition) is 13. The molecule has 0 spiro atoms. The van der Waals surface area contributed by atoms with E-state index in [1.54, 1.807) is 6.92 Å². The molecular weight excluding hydrogens is 982 g/mol. The van der Waals surface area contributed by atoms with Crippen LogP contribution < -0.4 is 0 Å². The molecule has 408 valence electrons. The van der Waals surface area contributed by atoms with Crippen molar-refractivity contribution >= 4 is 18.5 Å². The van der Waals surface area contributed by atoms with Crippen LogP contribution in [0.4, 0.5) is 0 Å². The van der Waals surface area contributed by atoms with Crippen LogP contribution in [0.2, 0.25) is 0 Å². The minimum Gasteiger partial charge on any atom is -0.390 e. The zero-order chi connectivity index (χ0) is 53.5. The van der Waals surface area contributed by atoms with Crippen LogP contribution in [0.1, 0.15) is 6.92 Å². The summed E-state index contributed by atoms with van der Waals surface area (Å²) in [6.45, 7) is 0.180. The van der Waals surface area contributed by atoms with Crippen LogP contribution in [0.25, 0.3) is 10.4 Å². The van der Waals surface area contributed by atoms with Crippen LogP contribution in [-0.2, 0) is 85.6 Å². The quantitative estimate of drug-likeness (QED) is 0.0353. The van der Waals surface area contributed by atoms with Gasteiger partial charge in [-0.2, -0.15) is 28.8 Å². The zero-order valence-corrected chi connectivity index (χ0v) is 37.5. The SMILES string of the molecule is CO[C@H]1OC[C@@H](O)[C@H](O[C@@H]2OC[C@@H](O)[C@H](O[C@H]3OC[C@@H](O)[C@H](O[C@@H]4OC[C@@H](O)[C@H](O[C@H]5OC[C@@H](O)[C@H](O)C5O)C4O)C3O)C2O)C1O.C[C@@H]1C(O)[C@H](OCCN=[N+]=[N-])OC[C@H]1O.O=C=O.O=C=O.O=C=O. The van der Waals surface area contributed by atoms with E-state index in [-0.39, 0.29) is 50.7 Å². The van der Waals surface area contributed by atoms with Crippen molar-refractivity contribution in [1.82, 2.24) is 0 Å². The van der Waals surface area contributed by atoms with E-state index < -0.39 is 168 Å². The molecule has 34 heteroatoms. The van der Waals surface area contributed by atoms with Gasteiger partial charge in [-0.25, -0.2) is 0 Å². The second kappa shape index (κ2) is 32.6. The van der Waals surface area contributed by atoms with Crippen molar-refractivity contribution in [2.75, 3.05) is 59.9 Å². The summed E-state index contributed by atoms with van der Waals surface area (Å²) in [7, 11) is 1.27. The van der Waals surface area contributed by atoms with Gasteiger partial charge in [-0.15, -0.1) is 0 Å². The summed E-state index contributed by atoms with van der Waals surface area (Å²) < 4.78 is 64.2. The molecule has 0 aliphatic carbocycles. The number of aliphatic hydroxyl groups is 13. The van der Waals surface area contributed by atoms with Gasteiger partial charge in [0.05, 0.1) is 52.4 Å². The highest BCUT2D eigenvalue weighted by Gasteiger charge is 2.52. The molecule has 6 aliphatic heterocycles. The third-order valence-corrected chi connectivity index (χ3v) is 10.9. The van der Waals surface area contributed by atoms with E-state index in [0.717, 1.165) is 0 Å². The molecule has 0 saturated carbocycles. The zero-order valence-electron chi connectivity index (χ0n) is 37.5. The second-order valence-electron chi connectivity index (χ2n) is 15.6. The first-order valence-electron chi connectivity index (χ1n) is 21.0. The summed E-state index contributed by atoms with van der Waals surface area (Å²) >= 11 is 0. The number of aliphatic hydroxyl groups excluding tert-OH is 13. The van der Waals surface area contributed by atoms with E-state index >= 15 is 0 Å². The summed E-state index contributed by atoms with van der Waals surface area (Å²) in [6.07, 6.45) is -32.4. The van der Waals surface area contributed by atoms with Gasteiger partial charge >= 0.3 is 18.5 Å². The van der Waals surface area contributed by atoms with Crippen molar-refractivity contribution in [2.24, 2.45) is 11.0 Å². The predicted molar refractivity (Wildman–Crippen MR) is 207 cm³/mol. The molecular formula is C37H59N3O31. The highest BCUT2D eigenvalue weighted by Crippen LogP contribution is 2.32. The Bertz CT molecular complexity index is 1640. The molecule has 71 heavy (non-hydrogen) atoms. The maximum absolute atomic E-state index is 11.1. The Hall–Kier alpha value is -3.55. The molecule has 34 nitrogen and oxygen atoms in total. The van der Waals surface area contributed by atoms with E-state index in [1.165, 1.54) is 7.11 Å². The Balaban J connectivity index is 0.000000595. The summed E-state index contributed by atoms with van der Waals surface area (Å²) in [5.74, 6) is -0.289. The molecule has 0 aromatic rings. The van der Waals surface area contributed by atoms with Crippen LogP contribution in [0.5, 0.6) is 0 Å². The van der Waals surface area contributed by atoms with E-state index in [9.17, 15) is 66.4 Å². The van der Waals surface area contributed by atoms with Gasteiger partial charge in [0, 0.05) is 24.5 Å². The molecule has 6 unspecified atom stereocenters. The molecule has 13 N–H and O–H groups in total. The maximum Gasteiger partial charge on any atom is 0.373 e. The molecule has 6 fully saturated rings. The molecule has 6 aliphatic rings. The third kappa shape index (κ3) is 18.4. The molecule has 0 aromatic carbocycles. The average Bonchev–Trinajstić information content (AvgIpc) is 3.33. The van der Waals surface area contributed by atoms with Gasteiger partial charge in [0.1, 0.15) is 97.7 Å². The molecule has 0 amide bonds. The van der Waals surface area contributed by atoms with E-state index in [0.29, 0.717) is 0 Å². The first-order chi connectivity index (χ1) is 33.7. The lowest BCUT2D eigenvalue weighted by Gasteiger charge is -2.46. The van der Waals surface area contributed by atoms with E-state index in [2.05, 4.69) is 10.0 Å². The number of nitrogens with zero attached hydrogens (tertiary/aromatic N) is 3. The van der Waals surface area contributed by atoms with Gasteiger partial charge in [-0.1, -0.05) is 12.0 Å². The number of hydrogen-bond acceptors (Lipinski definition) is 32. The first-order valence-corrected chi connectivity index (χ1v) is 21.0. The summed E-state index contributed by atoms with van der Waals surface area (Å²) in [4.78, 5) is 51.3. The van der Waals surface area contributed by atoms with Crippen molar-refractivity contribution in [3.8, 4) is 0 Å². The highest BCUT2D eigenvalue weighted by atomic mass is 16.8. The third-order valence-electron chi connectivity index (χ3n) is 10.9. The number of rotatable bonds is 13. The van der Waals surface area contributed by atoms with E-state index in [1.807, 2.05) is 0 Å². The molecule has 6 saturated heterocycles. The van der Waals surface area contributed by atoms with Crippen LogP contribution >= 0.6 is 0 Å². The van der Waals surface area contributed by atoms with Crippen LogP contribution in [0, 0.1) is 5.92 Å². The lowest BCUT2D eigenvalue weighted by molar-refractivity contribution is -0.371. The standard InChI is InChI=1S/C26H44O21.C8H15N3O4.3CO2/c1-38-22-14(34)18(8(28)3-39-22)45-24-16(36)20(10(30)5-41-24)47-26-17(37)21(11(31)6-43-26)46-25-15(35)19(9(29)4-42-25)44-23-13(33)12(32)7(27)2-40-23;1-5-6(12)4-15-8(7(5)13)14-3-2-10-11-9;3*2-1-3/h7-37H,2-6H2,1H3;5-8,12-13H,2-4H2,1H3;;;/t7-,8-,9-,10-,11-,12+,13?,14?,15?,16?,17?,18+,19+,20+,21+,22+,23-,24+,25+,26-;5-,6+,7?,8+;;;/m10.../s1. The Morgan fingerprint density at radius 1 is 0.451 bits per heavy atom. The molecule has 24 atom stereocenters. The Kier molecular flexibility index (Phi) is 29.2. The fourth-order valence-electron chi connectivity index (χ4n) is 7.17. The smallest absolute Gasteiger partial charge is 0.373 e. The molecule has 6 rings (SSSR count). The maximum atomic E-state index is 11.1. The topological polar surface area (TPSA) is 525 Å². The molecule has 0 radical (unpaired) electrons. The minimum atomic E-state index is -1.83. The summed E-state index contributed by atoms with van der Waals surface area (Å²) in [6, 6.07) is 0. The molecule has 0 bridgehead atoms. The van der Waals surface area contributed by atoms with Gasteiger partial charge in [0.25, 0.3) is 0 Å². The average molecular weight is 1040 g/mol. The number of azide groups is 1. The fourth-order valence-corrected chi connectivity index (χ4v) is 7.17. The fraction of sp³-hybridized carbons (Fsp3) is 0.919. The first kappa shape index (κ1) is 63.6. The normalized spacial score (nSPS) is 43.1. The number of carbonyl (C=O) groups excluding carboxylic acids is 6. The van der Waals surface area contributed by atoms with Crippen molar-refractivity contribution in [3.05, 3.63) is 10.4 Å². The Morgan fingerprint density at radius 3 is 1.10 bits per heavy atom. The molecule has 0 aromatic heterocycles. The lowest BCUT2D eigenvalue weighted by atomic mass is 9.96. The highest BCUT2D eigenvalue weighted by molar-refractivity contribution is 5.20. The van der Waals surface area contributed by atoms with Crippen molar-refractivity contribution in [1.29, 1.82) is 0 Å². The summed E-state index contributed by atoms with van der Waals surface area (Å²) in [5, 5.41) is 137. The lowest BCUT2D eigenvalue weighted by Crippen LogP contribution is -2.64. The van der Waals surface area contributed by atoms with Gasteiger partial charge in [-0.3, -0.25) is 0 Å². The second-order valence-corrected chi connectivity index (χ2v) is 15.6. The van der Waals surface area contributed by atoms with Gasteiger partial charge in [0.2, 0.25) is 0 Å². The van der Waals surface area contributed by atoms with Crippen LogP contribution in [0.15, 0.2) is 5.11 Å². The Morgan fingerprint density at radius 2 is 0.746 bits per heavy atom.